The molecule has 0 spiro atoms. The van der Waals surface area contributed by atoms with Crippen LogP contribution in [-0.2, 0) is 0 Å². The molecule has 0 amide bonds. The predicted molar refractivity (Wildman–Crippen MR) is 316 cm³/mol. The molecular formula is C72H50N2O. The number of rotatable bonds is 12. The van der Waals surface area contributed by atoms with E-state index < -0.39 is 0 Å². The molecule has 3 nitrogen and oxygen atoms in total. The lowest BCUT2D eigenvalue weighted by atomic mass is 9.99. The zero-order chi connectivity index (χ0) is 49.9. The van der Waals surface area contributed by atoms with E-state index in [1.807, 2.05) is 0 Å². The Morgan fingerprint density at radius 1 is 0.200 bits per heavy atom. The second-order valence-electron chi connectivity index (χ2n) is 18.9. The van der Waals surface area contributed by atoms with Crippen LogP contribution in [0.4, 0.5) is 34.1 Å². The van der Waals surface area contributed by atoms with Gasteiger partial charge < -0.3 is 14.2 Å². The highest BCUT2D eigenvalue weighted by atomic mass is 16.3. The van der Waals surface area contributed by atoms with E-state index in [-0.39, 0.29) is 0 Å². The van der Waals surface area contributed by atoms with Crippen molar-refractivity contribution in [2.24, 2.45) is 0 Å². The van der Waals surface area contributed by atoms with E-state index in [0.717, 1.165) is 78.3 Å². The number of furan rings is 1. The Morgan fingerprint density at radius 2 is 0.480 bits per heavy atom. The van der Waals surface area contributed by atoms with E-state index in [1.165, 1.54) is 44.5 Å². The number of hydrogen-bond donors (Lipinski definition) is 0. The molecule has 0 saturated heterocycles. The van der Waals surface area contributed by atoms with Crippen molar-refractivity contribution in [1.82, 2.24) is 0 Å². The predicted octanol–water partition coefficient (Wildman–Crippen LogP) is 20.5. The summed E-state index contributed by atoms with van der Waals surface area (Å²) in [4.78, 5) is 4.66. The van der Waals surface area contributed by atoms with Gasteiger partial charge in [0.1, 0.15) is 11.2 Å². The summed E-state index contributed by atoms with van der Waals surface area (Å²) >= 11 is 0. The molecule has 0 unspecified atom stereocenters. The molecule has 0 aliphatic heterocycles. The molecule has 354 valence electrons. The third-order valence-corrected chi connectivity index (χ3v) is 14.3. The van der Waals surface area contributed by atoms with Gasteiger partial charge in [-0.1, -0.05) is 218 Å². The van der Waals surface area contributed by atoms with Crippen LogP contribution in [0.2, 0.25) is 0 Å². The third kappa shape index (κ3) is 9.05. The number of para-hydroxylation sites is 1. The average molecular weight is 959 g/mol. The molecule has 0 fully saturated rings. The van der Waals surface area contributed by atoms with Crippen LogP contribution >= 0.6 is 0 Å². The van der Waals surface area contributed by atoms with Crippen molar-refractivity contribution < 1.29 is 4.42 Å². The van der Waals surface area contributed by atoms with Crippen molar-refractivity contribution in [1.29, 1.82) is 0 Å². The summed E-state index contributed by atoms with van der Waals surface area (Å²) in [6, 6.07) is 108. The second-order valence-corrected chi connectivity index (χ2v) is 18.9. The van der Waals surface area contributed by atoms with E-state index in [0.29, 0.717) is 0 Å². The van der Waals surface area contributed by atoms with E-state index in [2.05, 4.69) is 313 Å². The molecule has 1 aromatic heterocycles. The Hall–Kier alpha value is -9.96. The van der Waals surface area contributed by atoms with Crippen LogP contribution in [0.5, 0.6) is 0 Å². The van der Waals surface area contributed by atoms with Crippen LogP contribution in [0, 0.1) is 0 Å². The molecule has 0 atom stereocenters. The Balaban J connectivity index is 0.806. The SMILES string of the molecule is c1ccc(-c2ccc(N(c3ccc(-c4ccccc4)cc3)c3ccc(-c4ccc5oc6c(-c7ccc(N(c8ccc(-c9ccccc9)cc8)c8ccc(-c9ccccc9)cc8)cc7)cccc6c5c4)cc3)cc2)cc1. The topological polar surface area (TPSA) is 19.6 Å². The standard InChI is InChI=1S/C72H50N2O/c1-5-14-51(15-6-1)55-24-37-62(38-25-55)73(63-39-26-56(27-40-63)52-16-7-2-8-17-52)66-45-32-59(33-46-66)61-36-49-71-70(50-61)69-23-13-22-68(72(69)75-71)60-34-47-67(48-35-60)74(64-41-28-57(29-42-64)53-18-9-3-10-19-53)65-43-30-58(31-44-65)54-20-11-4-12-21-54/h1-50H. The maximum Gasteiger partial charge on any atom is 0.143 e. The van der Waals surface area contributed by atoms with Crippen molar-refractivity contribution >= 4 is 56.1 Å². The maximum atomic E-state index is 6.75. The van der Waals surface area contributed by atoms with Gasteiger partial charge in [-0.2, -0.15) is 0 Å². The Labute approximate surface area is 438 Å². The molecule has 12 aromatic carbocycles. The first-order valence-electron chi connectivity index (χ1n) is 25.6. The summed E-state index contributed by atoms with van der Waals surface area (Å²) in [6.07, 6.45) is 0. The molecule has 13 rings (SSSR count). The van der Waals surface area contributed by atoms with Gasteiger partial charge in [-0.3, -0.25) is 0 Å². The van der Waals surface area contributed by atoms with Gasteiger partial charge in [-0.05, 0) is 146 Å². The van der Waals surface area contributed by atoms with Gasteiger partial charge in [0, 0.05) is 50.5 Å². The number of nitrogens with zero attached hydrogens (tertiary/aromatic N) is 2. The van der Waals surface area contributed by atoms with E-state index >= 15 is 0 Å². The fraction of sp³-hybridized carbons (Fsp3) is 0. The van der Waals surface area contributed by atoms with Gasteiger partial charge in [-0.25, -0.2) is 0 Å². The van der Waals surface area contributed by atoms with Crippen molar-refractivity contribution in [3.05, 3.63) is 303 Å². The minimum absolute atomic E-state index is 0.864. The van der Waals surface area contributed by atoms with Gasteiger partial charge in [-0.15, -0.1) is 0 Å². The van der Waals surface area contributed by atoms with E-state index in [9.17, 15) is 0 Å². The maximum absolute atomic E-state index is 6.75. The van der Waals surface area contributed by atoms with E-state index in [1.54, 1.807) is 0 Å². The van der Waals surface area contributed by atoms with Crippen molar-refractivity contribution in [2.75, 3.05) is 9.80 Å². The number of fused-ring (bicyclic) bond motifs is 3. The molecule has 0 aliphatic rings. The minimum Gasteiger partial charge on any atom is -0.455 e. The van der Waals surface area contributed by atoms with Gasteiger partial charge in [0.15, 0.2) is 0 Å². The number of benzene rings is 12. The fourth-order valence-corrected chi connectivity index (χ4v) is 10.4. The van der Waals surface area contributed by atoms with Crippen LogP contribution < -0.4 is 9.80 Å². The monoisotopic (exact) mass is 958 g/mol. The fourth-order valence-electron chi connectivity index (χ4n) is 10.4. The molecule has 0 N–H and O–H groups in total. The smallest absolute Gasteiger partial charge is 0.143 e. The van der Waals surface area contributed by atoms with Gasteiger partial charge in [0.2, 0.25) is 0 Å². The van der Waals surface area contributed by atoms with Crippen LogP contribution in [-0.4, -0.2) is 0 Å². The van der Waals surface area contributed by atoms with Crippen LogP contribution in [0.25, 0.3) is 88.7 Å². The van der Waals surface area contributed by atoms with Crippen molar-refractivity contribution in [3.8, 4) is 66.8 Å². The van der Waals surface area contributed by atoms with Crippen LogP contribution in [0.15, 0.2) is 308 Å². The first-order valence-corrected chi connectivity index (χ1v) is 25.6. The lowest BCUT2D eigenvalue weighted by molar-refractivity contribution is 0.670. The zero-order valence-electron chi connectivity index (χ0n) is 41.2. The van der Waals surface area contributed by atoms with Crippen molar-refractivity contribution in [2.45, 2.75) is 0 Å². The molecule has 0 radical (unpaired) electrons. The molecule has 0 aliphatic carbocycles. The Kier molecular flexibility index (Phi) is 11.9. The Bertz CT molecular complexity index is 3860. The van der Waals surface area contributed by atoms with Crippen molar-refractivity contribution in [3.63, 3.8) is 0 Å². The highest BCUT2D eigenvalue weighted by Gasteiger charge is 2.18. The Morgan fingerprint density at radius 3 is 0.813 bits per heavy atom. The summed E-state index contributed by atoms with van der Waals surface area (Å²) < 4.78 is 6.75. The highest BCUT2D eigenvalue weighted by Crippen LogP contribution is 2.42. The second kappa shape index (κ2) is 19.9. The molecule has 13 aromatic rings. The van der Waals surface area contributed by atoms with Gasteiger partial charge >= 0.3 is 0 Å². The zero-order valence-corrected chi connectivity index (χ0v) is 41.2. The van der Waals surface area contributed by atoms with Gasteiger partial charge in [0.05, 0.1) is 0 Å². The molecule has 0 bridgehead atoms. The summed E-state index contributed by atoms with van der Waals surface area (Å²) in [5.41, 5.74) is 22.2. The summed E-state index contributed by atoms with van der Waals surface area (Å²) in [6.45, 7) is 0. The summed E-state index contributed by atoms with van der Waals surface area (Å²) in [5.74, 6) is 0. The lowest BCUT2D eigenvalue weighted by Gasteiger charge is -2.26. The third-order valence-electron chi connectivity index (χ3n) is 14.3. The summed E-state index contributed by atoms with van der Waals surface area (Å²) in [7, 11) is 0. The molecule has 1 heterocycles. The number of hydrogen-bond acceptors (Lipinski definition) is 3. The summed E-state index contributed by atoms with van der Waals surface area (Å²) in [5, 5.41) is 2.18. The molecule has 0 saturated carbocycles. The molecule has 75 heavy (non-hydrogen) atoms. The van der Waals surface area contributed by atoms with Crippen LogP contribution in [0.1, 0.15) is 0 Å². The lowest BCUT2D eigenvalue weighted by Crippen LogP contribution is -2.09. The molecular weight excluding hydrogens is 909 g/mol. The number of anilines is 6. The largest absolute Gasteiger partial charge is 0.455 e. The van der Waals surface area contributed by atoms with Gasteiger partial charge in [0.25, 0.3) is 0 Å². The minimum atomic E-state index is 0.864. The first kappa shape index (κ1) is 44.9. The highest BCUT2D eigenvalue weighted by molar-refractivity contribution is 6.10. The first-order chi connectivity index (χ1) is 37.2. The normalized spacial score (nSPS) is 11.2. The van der Waals surface area contributed by atoms with Crippen LogP contribution in [0.3, 0.4) is 0 Å². The quantitative estimate of drug-likeness (QED) is 0.122. The molecule has 3 heteroatoms. The average Bonchev–Trinajstić information content (AvgIpc) is 3.90. The van der Waals surface area contributed by atoms with E-state index in [4.69, 9.17) is 4.42 Å².